The van der Waals surface area contributed by atoms with Gasteiger partial charge < -0.3 is 16.2 Å². The van der Waals surface area contributed by atoms with E-state index < -0.39 is 0 Å². The molecule has 0 amide bonds. The maximum Gasteiger partial charge on any atom is 0.143 e. The molecule has 0 bridgehead atoms. The molecule has 0 saturated carbocycles. The topological polar surface area (TPSA) is 85.1 Å². The van der Waals surface area contributed by atoms with E-state index in [0.29, 0.717) is 29.5 Å². The molecule has 0 heterocycles. The number of nitrogens with one attached hydrogen (secondary N) is 1. The molecule has 0 aromatic heterocycles. The van der Waals surface area contributed by atoms with Crippen LogP contribution >= 0.6 is 11.8 Å². The van der Waals surface area contributed by atoms with Crippen molar-refractivity contribution in [3.8, 4) is 5.75 Å². The second-order valence-electron chi connectivity index (χ2n) is 6.20. The summed E-state index contributed by atoms with van der Waals surface area (Å²) in [5.41, 5.74) is 14.9. The summed E-state index contributed by atoms with van der Waals surface area (Å²) < 4.78 is 5.93. The molecule has 0 aliphatic heterocycles. The highest BCUT2D eigenvalue weighted by molar-refractivity contribution is 7.98. The van der Waals surface area contributed by atoms with Crippen LogP contribution in [0.2, 0.25) is 0 Å². The first-order valence-corrected chi connectivity index (χ1v) is 9.15. The van der Waals surface area contributed by atoms with Crippen LogP contribution in [-0.4, -0.2) is 12.1 Å². The van der Waals surface area contributed by atoms with Gasteiger partial charge in [0.15, 0.2) is 0 Å². The number of thioether (sulfide) groups is 1. The zero-order chi connectivity index (χ0) is 17.7. The smallest absolute Gasteiger partial charge is 0.143 e. The predicted molar refractivity (Wildman–Crippen MR) is 103 cm³/mol. The lowest BCUT2D eigenvalue weighted by Crippen LogP contribution is -2.15. The van der Waals surface area contributed by atoms with Crippen LogP contribution in [0.5, 0.6) is 5.75 Å². The van der Waals surface area contributed by atoms with Crippen molar-refractivity contribution in [2.45, 2.75) is 31.8 Å². The quantitative estimate of drug-likeness (QED) is 0.306. The van der Waals surface area contributed by atoms with E-state index >= 15 is 0 Å². The molecule has 0 spiro atoms. The number of amidine groups is 1. The summed E-state index contributed by atoms with van der Waals surface area (Å²) >= 11 is 1.71. The van der Waals surface area contributed by atoms with E-state index in [0.717, 1.165) is 17.5 Å². The molecule has 2 aromatic rings. The largest absolute Gasteiger partial charge is 0.487 e. The molecule has 0 radical (unpaired) electrons. The van der Waals surface area contributed by atoms with E-state index in [1.807, 2.05) is 24.3 Å². The van der Waals surface area contributed by atoms with Gasteiger partial charge in [0.05, 0.1) is 5.69 Å². The highest BCUT2D eigenvalue weighted by atomic mass is 32.2. The third-order valence-corrected chi connectivity index (χ3v) is 4.43. The Balaban J connectivity index is 2.23. The molecule has 5 N–H and O–H groups in total. The summed E-state index contributed by atoms with van der Waals surface area (Å²) in [5.74, 6) is 1.06. The third-order valence-electron chi connectivity index (χ3n) is 3.69. The first kappa shape index (κ1) is 18.2. The summed E-state index contributed by atoms with van der Waals surface area (Å²) in [4.78, 5) is 1.22. The summed E-state index contributed by atoms with van der Waals surface area (Å²) in [7, 11) is 0. The molecule has 5 heteroatoms. The lowest BCUT2D eigenvalue weighted by Gasteiger charge is -2.15. The van der Waals surface area contributed by atoms with Crippen molar-refractivity contribution in [1.29, 1.82) is 5.41 Å². The summed E-state index contributed by atoms with van der Waals surface area (Å²) in [6.45, 7) is 4.73. The van der Waals surface area contributed by atoms with Gasteiger partial charge >= 0.3 is 0 Å². The van der Waals surface area contributed by atoms with Gasteiger partial charge in [0.2, 0.25) is 0 Å². The monoisotopic (exact) mass is 343 g/mol. The van der Waals surface area contributed by atoms with Crippen molar-refractivity contribution in [2.75, 3.05) is 12.0 Å². The second kappa shape index (κ2) is 8.11. The zero-order valence-corrected chi connectivity index (χ0v) is 15.2. The lowest BCUT2D eigenvalue weighted by atomic mass is 9.99. The van der Waals surface area contributed by atoms with Crippen LogP contribution in [0.4, 0.5) is 5.69 Å². The van der Waals surface area contributed by atoms with Crippen molar-refractivity contribution in [3.05, 3.63) is 53.1 Å². The molecule has 2 rings (SSSR count). The van der Waals surface area contributed by atoms with Crippen LogP contribution in [0.3, 0.4) is 0 Å². The fourth-order valence-corrected chi connectivity index (χ4v) is 2.91. The van der Waals surface area contributed by atoms with Gasteiger partial charge in [-0.1, -0.05) is 26.0 Å². The number of rotatable bonds is 7. The molecule has 24 heavy (non-hydrogen) atoms. The average molecular weight is 343 g/mol. The molecule has 128 valence electrons. The maximum atomic E-state index is 7.73. The first-order valence-electron chi connectivity index (χ1n) is 7.93. The molecule has 0 aliphatic rings. The van der Waals surface area contributed by atoms with E-state index in [-0.39, 0.29) is 5.84 Å². The molecule has 2 aromatic carbocycles. The van der Waals surface area contributed by atoms with Crippen molar-refractivity contribution in [3.63, 3.8) is 0 Å². The number of hydrogen-bond acceptors (Lipinski definition) is 4. The van der Waals surface area contributed by atoms with Crippen LogP contribution in [0.1, 0.15) is 30.5 Å². The number of nitrogen functional groups attached to an aromatic ring is 2. The van der Waals surface area contributed by atoms with Gasteiger partial charge in [-0.05, 0) is 54.0 Å². The Morgan fingerprint density at radius 2 is 1.83 bits per heavy atom. The molecule has 0 unspecified atom stereocenters. The SMILES string of the molecule is CSc1ccc(COc2cc(CC(C)C)cc(C(=N)N)c2N)cc1. The van der Waals surface area contributed by atoms with Crippen LogP contribution in [0, 0.1) is 11.3 Å². The van der Waals surface area contributed by atoms with Crippen molar-refractivity contribution < 1.29 is 4.74 Å². The Labute approximate surface area is 148 Å². The number of anilines is 1. The third kappa shape index (κ3) is 4.68. The Morgan fingerprint density at radius 3 is 2.38 bits per heavy atom. The van der Waals surface area contributed by atoms with Gasteiger partial charge in [-0.15, -0.1) is 11.8 Å². The Kier molecular flexibility index (Phi) is 6.15. The summed E-state index contributed by atoms with van der Waals surface area (Å²) in [6.07, 6.45) is 2.94. The summed E-state index contributed by atoms with van der Waals surface area (Å²) in [5, 5.41) is 7.73. The highest BCUT2D eigenvalue weighted by Crippen LogP contribution is 2.29. The summed E-state index contributed by atoms with van der Waals surface area (Å²) in [6, 6.07) is 12.1. The molecular weight excluding hydrogens is 318 g/mol. The van der Waals surface area contributed by atoms with E-state index in [2.05, 4.69) is 32.2 Å². The highest BCUT2D eigenvalue weighted by Gasteiger charge is 2.13. The number of benzene rings is 2. The minimum absolute atomic E-state index is 0.0349. The zero-order valence-electron chi connectivity index (χ0n) is 14.4. The van der Waals surface area contributed by atoms with E-state index in [1.165, 1.54) is 4.90 Å². The number of hydrogen-bond donors (Lipinski definition) is 3. The minimum Gasteiger partial charge on any atom is -0.487 e. The van der Waals surface area contributed by atoms with Gasteiger partial charge in [0, 0.05) is 10.5 Å². The van der Waals surface area contributed by atoms with Gasteiger partial charge in [-0.2, -0.15) is 0 Å². The van der Waals surface area contributed by atoms with Crippen LogP contribution in [-0.2, 0) is 13.0 Å². The molecule has 0 saturated heterocycles. The van der Waals surface area contributed by atoms with E-state index in [4.69, 9.17) is 21.6 Å². The maximum absolute atomic E-state index is 7.73. The van der Waals surface area contributed by atoms with Gasteiger partial charge in [-0.3, -0.25) is 5.41 Å². The number of ether oxygens (including phenoxy) is 1. The predicted octanol–water partition coefficient (Wildman–Crippen LogP) is 4.05. The molecule has 4 nitrogen and oxygen atoms in total. The molecule has 0 aliphatic carbocycles. The number of nitrogens with two attached hydrogens (primary N) is 2. The Morgan fingerprint density at radius 1 is 1.17 bits per heavy atom. The van der Waals surface area contributed by atoms with Crippen molar-refractivity contribution in [1.82, 2.24) is 0 Å². The Bertz CT molecular complexity index is 711. The van der Waals surface area contributed by atoms with Crippen LogP contribution in [0.15, 0.2) is 41.3 Å². The first-order chi connectivity index (χ1) is 11.4. The van der Waals surface area contributed by atoms with Crippen molar-refractivity contribution in [2.24, 2.45) is 11.7 Å². The van der Waals surface area contributed by atoms with E-state index in [1.54, 1.807) is 11.8 Å². The van der Waals surface area contributed by atoms with Crippen LogP contribution in [0.25, 0.3) is 0 Å². The second-order valence-corrected chi connectivity index (χ2v) is 7.08. The fourth-order valence-electron chi connectivity index (χ4n) is 2.50. The molecule has 0 atom stereocenters. The van der Waals surface area contributed by atoms with Gasteiger partial charge in [0.1, 0.15) is 18.2 Å². The standard InChI is InChI=1S/C19H25N3OS/c1-12(2)8-14-9-16(19(21)22)18(20)17(10-14)23-11-13-4-6-15(24-3)7-5-13/h4-7,9-10,12H,8,11,20H2,1-3H3,(H3,21,22). The molecule has 0 fully saturated rings. The molecular formula is C19H25N3OS. The Hall–Kier alpha value is -2.14. The van der Waals surface area contributed by atoms with Gasteiger partial charge in [0.25, 0.3) is 0 Å². The average Bonchev–Trinajstić information content (AvgIpc) is 2.54. The normalized spacial score (nSPS) is 10.8. The van der Waals surface area contributed by atoms with Crippen LogP contribution < -0.4 is 16.2 Å². The fraction of sp³-hybridized carbons (Fsp3) is 0.316. The van der Waals surface area contributed by atoms with Gasteiger partial charge in [-0.25, -0.2) is 0 Å². The lowest BCUT2D eigenvalue weighted by molar-refractivity contribution is 0.307. The minimum atomic E-state index is -0.0349. The van der Waals surface area contributed by atoms with Crippen molar-refractivity contribution >= 4 is 23.3 Å². The van der Waals surface area contributed by atoms with E-state index in [9.17, 15) is 0 Å².